The molecule has 1 aromatic rings. The molecule has 0 radical (unpaired) electrons. The third-order valence-corrected chi connectivity index (χ3v) is 4.00. The molecule has 1 saturated carbocycles. The molecule has 0 bridgehead atoms. The predicted octanol–water partition coefficient (Wildman–Crippen LogP) is 1.66. The smallest absolute Gasteiger partial charge is 0.278 e. The van der Waals surface area contributed by atoms with E-state index in [0.29, 0.717) is 30.6 Å². The van der Waals surface area contributed by atoms with E-state index in [9.17, 15) is 4.79 Å². The summed E-state index contributed by atoms with van der Waals surface area (Å²) in [5, 5.41) is 0. The van der Waals surface area contributed by atoms with E-state index >= 15 is 0 Å². The number of nitrogens with zero attached hydrogens (tertiary/aromatic N) is 3. The van der Waals surface area contributed by atoms with Gasteiger partial charge in [0.25, 0.3) is 11.8 Å². The van der Waals surface area contributed by atoms with Crippen molar-refractivity contribution in [2.75, 3.05) is 20.2 Å². The molecular formula is C15H21N3O3. The first-order valence-electron chi connectivity index (χ1n) is 7.55. The molecule has 1 atom stereocenters. The molecule has 1 aliphatic carbocycles. The zero-order chi connectivity index (χ0) is 14.7. The Morgan fingerprint density at radius 1 is 1.29 bits per heavy atom. The summed E-state index contributed by atoms with van der Waals surface area (Å²) >= 11 is 0. The molecular weight excluding hydrogens is 270 g/mol. The van der Waals surface area contributed by atoms with E-state index in [2.05, 4.69) is 9.97 Å². The number of amides is 1. The molecule has 1 amide bonds. The van der Waals surface area contributed by atoms with Crippen LogP contribution in [0.15, 0.2) is 12.4 Å². The minimum atomic E-state index is -0.0347. The van der Waals surface area contributed by atoms with Crippen LogP contribution in [0.1, 0.15) is 32.1 Å². The molecule has 2 fully saturated rings. The molecule has 0 aromatic carbocycles. The van der Waals surface area contributed by atoms with E-state index in [0.717, 1.165) is 19.4 Å². The zero-order valence-corrected chi connectivity index (χ0v) is 12.3. The zero-order valence-electron chi connectivity index (χ0n) is 12.3. The van der Waals surface area contributed by atoms with Gasteiger partial charge in [0.2, 0.25) is 5.91 Å². The molecule has 0 unspecified atom stereocenters. The second kappa shape index (κ2) is 6.28. The van der Waals surface area contributed by atoms with E-state index in [1.165, 1.54) is 12.8 Å². The Labute approximate surface area is 124 Å². The maximum Gasteiger partial charge on any atom is 0.278 e. The average molecular weight is 291 g/mol. The minimum absolute atomic E-state index is 0.0347. The fourth-order valence-corrected chi connectivity index (χ4v) is 2.65. The summed E-state index contributed by atoms with van der Waals surface area (Å²) in [6.07, 6.45) is 8.10. The SMILES string of the molecule is COc1nccnc1O[C@@H]1CCCN(C(=O)CC2CC2)C1. The lowest BCUT2D eigenvalue weighted by Gasteiger charge is -2.32. The van der Waals surface area contributed by atoms with Crippen LogP contribution in [0.25, 0.3) is 0 Å². The van der Waals surface area contributed by atoms with Crippen molar-refractivity contribution in [2.45, 2.75) is 38.2 Å². The lowest BCUT2D eigenvalue weighted by Crippen LogP contribution is -2.44. The van der Waals surface area contributed by atoms with E-state index in [1.807, 2.05) is 4.90 Å². The molecule has 2 aliphatic rings. The highest BCUT2D eigenvalue weighted by atomic mass is 16.5. The van der Waals surface area contributed by atoms with Crippen LogP contribution < -0.4 is 9.47 Å². The summed E-state index contributed by atoms with van der Waals surface area (Å²) in [7, 11) is 1.54. The van der Waals surface area contributed by atoms with Crippen LogP contribution in [0.4, 0.5) is 0 Å². The third kappa shape index (κ3) is 3.62. The van der Waals surface area contributed by atoms with Crippen LogP contribution in [-0.4, -0.2) is 47.1 Å². The van der Waals surface area contributed by atoms with Crippen molar-refractivity contribution in [3.8, 4) is 11.8 Å². The van der Waals surface area contributed by atoms with Gasteiger partial charge in [0.05, 0.1) is 13.7 Å². The van der Waals surface area contributed by atoms with Crippen molar-refractivity contribution < 1.29 is 14.3 Å². The summed E-state index contributed by atoms with van der Waals surface area (Å²) in [6, 6.07) is 0. The summed E-state index contributed by atoms with van der Waals surface area (Å²) in [5.41, 5.74) is 0. The van der Waals surface area contributed by atoms with Gasteiger partial charge < -0.3 is 14.4 Å². The number of hydrogen-bond acceptors (Lipinski definition) is 5. The topological polar surface area (TPSA) is 64.6 Å². The van der Waals surface area contributed by atoms with Crippen LogP contribution in [0.3, 0.4) is 0 Å². The molecule has 1 aromatic heterocycles. The Kier molecular flexibility index (Phi) is 4.22. The number of carbonyl (C=O) groups is 1. The van der Waals surface area contributed by atoms with Crippen LogP contribution in [0.5, 0.6) is 11.8 Å². The summed E-state index contributed by atoms with van der Waals surface area (Å²) in [4.78, 5) is 22.3. The van der Waals surface area contributed by atoms with Crippen LogP contribution >= 0.6 is 0 Å². The largest absolute Gasteiger partial charge is 0.477 e. The fraction of sp³-hybridized carbons (Fsp3) is 0.667. The van der Waals surface area contributed by atoms with Gasteiger partial charge in [0, 0.05) is 25.4 Å². The summed E-state index contributed by atoms with van der Waals surface area (Å²) in [5.74, 6) is 1.68. The number of carbonyl (C=O) groups excluding carboxylic acids is 1. The van der Waals surface area contributed by atoms with E-state index in [1.54, 1.807) is 19.5 Å². The van der Waals surface area contributed by atoms with Crippen molar-refractivity contribution in [1.29, 1.82) is 0 Å². The normalized spacial score (nSPS) is 22.0. The second-order valence-corrected chi connectivity index (χ2v) is 5.74. The Bertz CT molecular complexity index is 505. The number of aromatic nitrogens is 2. The first kappa shape index (κ1) is 14.1. The molecule has 114 valence electrons. The number of rotatable bonds is 5. The molecule has 6 nitrogen and oxygen atoms in total. The van der Waals surface area contributed by atoms with Gasteiger partial charge in [-0.2, -0.15) is 0 Å². The summed E-state index contributed by atoms with van der Waals surface area (Å²) in [6.45, 7) is 1.47. The molecule has 0 spiro atoms. The molecule has 21 heavy (non-hydrogen) atoms. The highest BCUT2D eigenvalue weighted by molar-refractivity contribution is 5.76. The van der Waals surface area contributed by atoms with Gasteiger partial charge in [-0.15, -0.1) is 0 Å². The number of piperidine rings is 1. The molecule has 3 rings (SSSR count). The fourth-order valence-electron chi connectivity index (χ4n) is 2.65. The molecule has 1 aliphatic heterocycles. The Hall–Kier alpha value is -1.85. The Morgan fingerprint density at radius 3 is 2.76 bits per heavy atom. The number of hydrogen-bond donors (Lipinski definition) is 0. The van der Waals surface area contributed by atoms with Gasteiger partial charge in [0.15, 0.2) is 0 Å². The van der Waals surface area contributed by atoms with Crippen LogP contribution in [-0.2, 0) is 4.79 Å². The molecule has 2 heterocycles. The van der Waals surface area contributed by atoms with Crippen molar-refractivity contribution >= 4 is 5.91 Å². The van der Waals surface area contributed by atoms with E-state index in [4.69, 9.17) is 9.47 Å². The molecule has 0 N–H and O–H groups in total. The Morgan fingerprint density at radius 2 is 2.05 bits per heavy atom. The van der Waals surface area contributed by atoms with Gasteiger partial charge in [0.1, 0.15) is 6.10 Å². The van der Waals surface area contributed by atoms with Crippen molar-refractivity contribution in [3.63, 3.8) is 0 Å². The lowest BCUT2D eigenvalue weighted by atomic mass is 10.1. The van der Waals surface area contributed by atoms with Crippen LogP contribution in [0, 0.1) is 5.92 Å². The first-order chi connectivity index (χ1) is 10.3. The van der Waals surface area contributed by atoms with E-state index < -0.39 is 0 Å². The van der Waals surface area contributed by atoms with Gasteiger partial charge in [-0.05, 0) is 31.6 Å². The first-order valence-corrected chi connectivity index (χ1v) is 7.55. The Balaban J connectivity index is 1.59. The van der Waals surface area contributed by atoms with Crippen molar-refractivity contribution in [1.82, 2.24) is 14.9 Å². The highest BCUT2D eigenvalue weighted by Crippen LogP contribution is 2.33. The van der Waals surface area contributed by atoms with Gasteiger partial charge >= 0.3 is 0 Å². The molecule has 6 heteroatoms. The third-order valence-electron chi connectivity index (χ3n) is 4.00. The van der Waals surface area contributed by atoms with Gasteiger partial charge in [-0.1, -0.05) is 0 Å². The quantitative estimate of drug-likeness (QED) is 0.825. The highest BCUT2D eigenvalue weighted by Gasteiger charge is 2.30. The maximum absolute atomic E-state index is 12.2. The molecule has 1 saturated heterocycles. The predicted molar refractivity (Wildman–Crippen MR) is 76.2 cm³/mol. The van der Waals surface area contributed by atoms with Gasteiger partial charge in [-0.3, -0.25) is 4.79 Å². The van der Waals surface area contributed by atoms with Gasteiger partial charge in [-0.25, -0.2) is 9.97 Å². The standard InChI is InChI=1S/C15H21N3O3/c1-20-14-15(17-7-6-16-14)21-12-3-2-8-18(10-12)13(19)9-11-4-5-11/h6-7,11-12H,2-5,8-10H2,1H3/t12-/m1/s1. The minimum Gasteiger partial charge on any atom is -0.477 e. The lowest BCUT2D eigenvalue weighted by molar-refractivity contribution is -0.134. The number of methoxy groups -OCH3 is 1. The second-order valence-electron chi connectivity index (χ2n) is 5.74. The van der Waals surface area contributed by atoms with E-state index in [-0.39, 0.29) is 12.0 Å². The number of likely N-dealkylation sites (tertiary alicyclic amines) is 1. The maximum atomic E-state index is 12.2. The average Bonchev–Trinajstić information content (AvgIpc) is 3.32. The van der Waals surface area contributed by atoms with Crippen LogP contribution in [0.2, 0.25) is 0 Å². The number of ether oxygens (including phenoxy) is 2. The van der Waals surface area contributed by atoms with Crippen molar-refractivity contribution in [3.05, 3.63) is 12.4 Å². The summed E-state index contributed by atoms with van der Waals surface area (Å²) < 4.78 is 11.0. The van der Waals surface area contributed by atoms with Crippen molar-refractivity contribution in [2.24, 2.45) is 5.92 Å². The monoisotopic (exact) mass is 291 g/mol.